The van der Waals surface area contributed by atoms with Crippen molar-refractivity contribution in [3.8, 4) is 28.3 Å². The van der Waals surface area contributed by atoms with Crippen LogP contribution in [0.5, 0.6) is 5.75 Å². The third-order valence-corrected chi connectivity index (χ3v) is 7.41. The summed E-state index contributed by atoms with van der Waals surface area (Å²) >= 11 is 1.31. The van der Waals surface area contributed by atoms with E-state index in [2.05, 4.69) is 10.3 Å². The Morgan fingerprint density at radius 3 is 2.05 bits per heavy atom. The monoisotopic (exact) mass is 560 g/mol. The minimum absolute atomic E-state index is 0.269. The predicted molar refractivity (Wildman–Crippen MR) is 160 cm³/mol. The molecule has 1 atom stereocenters. The SMILES string of the molecule is COc1ccc2nc(NC(=O)C(C)OC(=O)c3ccc4nc(-c5ccccc5)c(-c5ccccc5)nc4c3)sc2c1. The second-order valence-electron chi connectivity index (χ2n) is 9.25. The number of anilines is 1. The molecule has 0 radical (unpaired) electrons. The van der Waals surface area contributed by atoms with E-state index in [4.69, 9.17) is 19.4 Å². The molecule has 6 rings (SSSR count). The van der Waals surface area contributed by atoms with Crippen molar-refractivity contribution < 1.29 is 19.1 Å². The largest absolute Gasteiger partial charge is 0.497 e. The summed E-state index contributed by atoms with van der Waals surface area (Å²) in [4.78, 5) is 40.0. The van der Waals surface area contributed by atoms with Crippen LogP contribution in [0.4, 0.5) is 5.13 Å². The van der Waals surface area contributed by atoms with Gasteiger partial charge in [-0.15, -0.1) is 0 Å². The number of fused-ring (bicyclic) bond motifs is 2. The Morgan fingerprint density at radius 2 is 1.39 bits per heavy atom. The number of hydrogen-bond acceptors (Lipinski definition) is 8. The minimum atomic E-state index is -1.05. The molecule has 4 aromatic carbocycles. The molecule has 0 aliphatic heterocycles. The van der Waals surface area contributed by atoms with Gasteiger partial charge in [0.25, 0.3) is 5.91 Å². The van der Waals surface area contributed by atoms with Gasteiger partial charge in [-0.2, -0.15) is 0 Å². The Labute approximate surface area is 239 Å². The number of rotatable bonds is 7. The van der Waals surface area contributed by atoms with Gasteiger partial charge in [-0.05, 0) is 43.3 Å². The molecule has 0 aliphatic rings. The first-order chi connectivity index (χ1) is 20.0. The molecule has 2 aromatic heterocycles. The van der Waals surface area contributed by atoms with Crippen LogP contribution in [0.25, 0.3) is 43.8 Å². The van der Waals surface area contributed by atoms with Gasteiger partial charge in [0.2, 0.25) is 0 Å². The number of nitrogens with zero attached hydrogens (tertiary/aromatic N) is 3. The minimum Gasteiger partial charge on any atom is -0.497 e. The number of carbonyl (C=O) groups excluding carboxylic acids is 2. The zero-order valence-electron chi connectivity index (χ0n) is 22.2. The lowest BCUT2D eigenvalue weighted by atomic mass is 10.0. The van der Waals surface area contributed by atoms with Gasteiger partial charge in [0.15, 0.2) is 11.2 Å². The number of esters is 1. The van der Waals surface area contributed by atoms with Crippen LogP contribution < -0.4 is 10.1 Å². The Kier molecular flexibility index (Phi) is 7.09. The zero-order valence-corrected chi connectivity index (χ0v) is 23.0. The van der Waals surface area contributed by atoms with Gasteiger partial charge in [-0.3, -0.25) is 10.1 Å². The van der Waals surface area contributed by atoms with Crippen molar-refractivity contribution in [3.05, 3.63) is 103 Å². The van der Waals surface area contributed by atoms with E-state index in [1.807, 2.05) is 72.8 Å². The quantitative estimate of drug-likeness (QED) is 0.215. The lowest BCUT2D eigenvalue weighted by Crippen LogP contribution is -2.29. The van der Waals surface area contributed by atoms with Crippen molar-refractivity contribution in [2.75, 3.05) is 12.4 Å². The summed E-state index contributed by atoms with van der Waals surface area (Å²) in [5.74, 6) is -0.420. The fourth-order valence-corrected chi connectivity index (χ4v) is 5.25. The van der Waals surface area contributed by atoms with Gasteiger partial charge >= 0.3 is 5.97 Å². The van der Waals surface area contributed by atoms with Crippen molar-refractivity contribution in [1.82, 2.24) is 15.0 Å². The predicted octanol–water partition coefficient (Wildman–Crippen LogP) is 6.77. The standard InChI is InChI=1S/C32H24N4O4S/c1-19(30(37)36-32-35-25-16-14-23(39-2)18-27(25)41-32)40-31(38)22-13-15-24-26(17-22)34-29(21-11-7-4-8-12-21)28(33-24)20-9-5-3-6-10-20/h3-19H,1-2H3,(H,35,36,37). The summed E-state index contributed by atoms with van der Waals surface area (Å²) in [6.07, 6.45) is -1.05. The van der Waals surface area contributed by atoms with Crippen LogP contribution in [-0.4, -0.2) is 40.0 Å². The normalized spacial score (nSPS) is 11.8. The van der Waals surface area contributed by atoms with E-state index in [1.165, 1.54) is 18.3 Å². The fraction of sp³-hybridized carbons (Fsp3) is 0.0938. The van der Waals surface area contributed by atoms with Crippen LogP contribution in [-0.2, 0) is 9.53 Å². The van der Waals surface area contributed by atoms with Crippen LogP contribution in [0.2, 0.25) is 0 Å². The van der Waals surface area contributed by atoms with Gasteiger partial charge in [0.05, 0.1) is 45.3 Å². The van der Waals surface area contributed by atoms with E-state index in [9.17, 15) is 9.59 Å². The Balaban J connectivity index is 1.23. The van der Waals surface area contributed by atoms with E-state index in [0.717, 1.165) is 27.0 Å². The van der Waals surface area contributed by atoms with Crippen LogP contribution >= 0.6 is 11.3 Å². The van der Waals surface area contributed by atoms with Crippen molar-refractivity contribution >= 4 is 49.6 Å². The summed E-state index contributed by atoms with van der Waals surface area (Å²) in [6, 6.07) is 30.1. The average molecular weight is 561 g/mol. The molecule has 0 saturated heterocycles. The molecule has 6 aromatic rings. The van der Waals surface area contributed by atoms with Crippen LogP contribution in [0.15, 0.2) is 97.1 Å². The van der Waals surface area contributed by atoms with Gasteiger partial charge in [0.1, 0.15) is 5.75 Å². The third-order valence-electron chi connectivity index (χ3n) is 6.47. The maximum absolute atomic E-state index is 13.0. The number of thiazole rings is 1. The van der Waals surface area contributed by atoms with Crippen molar-refractivity contribution in [1.29, 1.82) is 0 Å². The van der Waals surface area contributed by atoms with Crippen LogP contribution in [0.1, 0.15) is 17.3 Å². The topological polar surface area (TPSA) is 103 Å². The highest BCUT2D eigenvalue weighted by molar-refractivity contribution is 7.22. The maximum atomic E-state index is 13.0. The highest BCUT2D eigenvalue weighted by Gasteiger charge is 2.21. The highest BCUT2D eigenvalue weighted by atomic mass is 32.1. The lowest BCUT2D eigenvalue weighted by Gasteiger charge is -2.13. The molecule has 9 heteroatoms. The van der Waals surface area contributed by atoms with Gasteiger partial charge in [-0.1, -0.05) is 72.0 Å². The van der Waals surface area contributed by atoms with E-state index >= 15 is 0 Å². The van der Waals surface area contributed by atoms with Crippen LogP contribution in [0.3, 0.4) is 0 Å². The molecule has 41 heavy (non-hydrogen) atoms. The van der Waals surface area contributed by atoms with Crippen LogP contribution in [0, 0.1) is 0 Å². The fourth-order valence-electron chi connectivity index (χ4n) is 4.35. The Bertz CT molecular complexity index is 1890. The number of carbonyl (C=O) groups is 2. The number of aromatic nitrogens is 3. The van der Waals surface area contributed by atoms with Gasteiger partial charge < -0.3 is 9.47 Å². The molecule has 0 spiro atoms. The van der Waals surface area contributed by atoms with Gasteiger partial charge in [0, 0.05) is 11.1 Å². The van der Waals surface area contributed by atoms with Gasteiger partial charge in [-0.25, -0.2) is 19.7 Å². The molecule has 0 fully saturated rings. The van der Waals surface area contributed by atoms with Crippen molar-refractivity contribution in [3.63, 3.8) is 0 Å². The Morgan fingerprint density at radius 1 is 0.756 bits per heavy atom. The van der Waals surface area contributed by atoms with E-state index < -0.39 is 18.0 Å². The molecule has 2 heterocycles. The molecule has 1 amide bonds. The number of hydrogen-bond donors (Lipinski definition) is 1. The number of ether oxygens (including phenoxy) is 2. The summed E-state index contributed by atoms with van der Waals surface area (Å²) in [5, 5.41) is 3.14. The van der Waals surface area contributed by atoms with Crippen molar-refractivity contribution in [2.24, 2.45) is 0 Å². The van der Waals surface area contributed by atoms with E-state index in [0.29, 0.717) is 27.6 Å². The summed E-state index contributed by atoms with van der Waals surface area (Å²) in [5.41, 5.74) is 5.49. The average Bonchev–Trinajstić information content (AvgIpc) is 3.42. The first-order valence-electron chi connectivity index (χ1n) is 12.9. The molecule has 0 saturated carbocycles. The van der Waals surface area contributed by atoms with E-state index in [-0.39, 0.29) is 5.56 Å². The molecule has 0 bridgehead atoms. The number of methoxy groups -OCH3 is 1. The number of nitrogens with one attached hydrogen (secondary N) is 1. The number of amides is 1. The molecular formula is C32H24N4O4S. The molecule has 0 aliphatic carbocycles. The Hall–Kier alpha value is -5.15. The second kappa shape index (κ2) is 11.1. The molecular weight excluding hydrogens is 536 g/mol. The summed E-state index contributed by atoms with van der Waals surface area (Å²) in [7, 11) is 1.59. The molecule has 202 valence electrons. The maximum Gasteiger partial charge on any atom is 0.338 e. The molecule has 8 nitrogen and oxygen atoms in total. The lowest BCUT2D eigenvalue weighted by molar-refractivity contribution is -0.123. The van der Waals surface area contributed by atoms with Crippen molar-refractivity contribution in [2.45, 2.75) is 13.0 Å². The van der Waals surface area contributed by atoms with E-state index in [1.54, 1.807) is 31.4 Å². The first kappa shape index (κ1) is 26.1. The molecule has 1 unspecified atom stereocenters. The first-order valence-corrected chi connectivity index (χ1v) is 13.7. The smallest absolute Gasteiger partial charge is 0.338 e. The summed E-state index contributed by atoms with van der Waals surface area (Å²) < 4.78 is 11.6. The summed E-state index contributed by atoms with van der Waals surface area (Å²) in [6.45, 7) is 1.52. The second-order valence-corrected chi connectivity index (χ2v) is 10.3. The highest BCUT2D eigenvalue weighted by Crippen LogP contribution is 2.32. The third kappa shape index (κ3) is 5.48. The number of benzene rings is 4. The molecule has 1 N–H and O–H groups in total. The zero-order chi connectivity index (χ0) is 28.3.